The number of hydrogen-bond acceptors (Lipinski definition) is 4. The van der Waals surface area contributed by atoms with Crippen molar-refractivity contribution in [2.24, 2.45) is 0 Å². The van der Waals surface area contributed by atoms with Gasteiger partial charge in [-0.2, -0.15) is 0 Å². The molecule has 1 atom stereocenters. The van der Waals surface area contributed by atoms with Crippen LogP contribution >= 0.6 is 0 Å². The van der Waals surface area contributed by atoms with E-state index in [9.17, 15) is 9.90 Å². The van der Waals surface area contributed by atoms with Gasteiger partial charge in [-0.15, -0.1) is 0 Å². The Kier molecular flexibility index (Phi) is 4.21. The molecule has 5 heteroatoms. The minimum Gasteiger partial charge on any atom is -0.479 e. The van der Waals surface area contributed by atoms with Crippen molar-refractivity contribution in [2.75, 3.05) is 5.32 Å². The minimum atomic E-state index is -1.24. The molecule has 0 saturated heterocycles. The molecule has 110 valence electrons. The number of anilines is 1. The SMILES string of the molecule is CCc1cc(NC(C)(C(=O)O)c2ccccc2)nc(C)n1. The van der Waals surface area contributed by atoms with E-state index in [1.165, 1.54) is 0 Å². The lowest BCUT2D eigenvalue weighted by molar-refractivity contribution is -0.142. The molecule has 0 aliphatic carbocycles. The summed E-state index contributed by atoms with van der Waals surface area (Å²) in [5.41, 5.74) is 0.310. The van der Waals surface area contributed by atoms with E-state index in [1.54, 1.807) is 32.0 Å². The molecule has 0 saturated carbocycles. The normalized spacial score (nSPS) is 13.5. The molecule has 0 aliphatic heterocycles. The second kappa shape index (κ2) is 5.91. The molecule has 2 rings (SSSR count). The number of rotatable bonds is 5. The molecule has 1 unspecified atom stereocenters. The maximum atomic E-state index is 11.8. The van der Waals surface area contributed by atoms with Crippen molar-refractivity contribution in [3.63, 3.8) is 0 Å². The summed E-state index contributed by atoms with van der Waals surface area (Å²) in [7, 11) is 0. The van der Waals surface area contributed by atoms with Gasteiger partial charge in [0.05, 0.1) is 0 Å². The summed E-state index contributed by atoms with van der Waals surface area (Å²) in [4.78, 5) is 20.4. The van der Waals surface area contributed by atoms with E-state index in [1.807, 2.05) is 25.1 Å². The molecule has 0 bridgehead atoms. The number of aryl methyl sites for hydroxylation is 2. The summed E-state index contributed by atoms with van der Waals surface area (Å²) in [6, 6.07) is 10.9. The van der Waals surface area contributed by atoms with Crippen molar-refractivity contribution in [2.45, 2.75) is 32.7 Å². The first kappa shape index (κ1) is 15.0. The van der Waals surface area contributed by atoms with Crippen LogP contribution in [0.3, 0.4) is 0 Å². The number of hydrogen-bond donors (Lipinski definition) is 2. The molecule has 21 heavy (non-hydrogen) atoms. The maximum Gasteiger partial charge on any atom is 0.333 e. The van der Waals surface area contributed by atoms with Gasteiger partial charge in [0, 0.05) is 11.8 Å². The molecule has 1 aromatic heterocycles. The molecule has 0 radical (unpaired) electrons. The lowest BCUT2D eigenvalue weighted by Crippen LogP contribution is -2.40. The van der Waals surface area contributed by atoms with Gasteiger partial charge in [0.25, 0.3) is 0 Å². The van der Waals surface area contributed by atoms with Gasteiger partial charge in [-0.3, -0.25) is 0 Å². The average molecular weight is 285 g/mol. The Morgan fingerprint density at radius 2 is 1.95 bits per heavy atom. The lowest BCUT2D eigenvalue weighted by Gasteiger charge is -2.27. The molecule has 1 heterocycles. The Hall–Kier alpha value is -2.43. The molecule has 1 aromatic carbocycles. The smallest absolute Gasteiger partial charge is 0.333 e. The van der Waals surface area contributed by atoms with Gasteiger partial charge in [0.2, 0.25) is 0 Å². The van der Waals surface area contributed by atoms with Crippen LogP contribution in [0.15, 0.2) is 36.4 Å². The van der Waals surface area contributed by atoms with Crippen molar-refractivity contribution in [1.82, 2.24) is 9.97 Å². The van der Waals surface area contributed by atoms with Crippen LogP contribution < -0.4 is 5.32 Å². The topological polar surface area (TPSA) is 75.1 Å². The summed E-state index contributed by atoms with van der Waals surface area (Å²) in [6.45, 7) is 5.43. The third kappa shape index (κ3) is 3.18. The first-order valence-electron chi connectivity index (χ1n) is 6.87. The molecule has 2 N–H and O–H groups in total. The molecular formula is C16H19N3O2. The van der Waals surface area contributed by atoms with Crippen molar-refractivity contribution < 1.29 is 9.90 Å². The average Bonchev–Trinajstić information content (AvgIpc) is 2.47. The van der Waals surface area contributed by atoms with E-state index >= 15 is 0 Å². The number of benzene rings is 1. The van der Waals surface area contributed by atoms with Crippen LogP contribution in [0.4, 0.5) is 5.82 Å². The van der Waals surface area contributed by atoms with Crippen molar-refractivity contribution in [3.05, 3.63) is 53.5 Å². The fourth-order valence-corrected chi connectivity index (χ4v) is 2.15. The van der Waals surface area contributed by atoms with Gasteiger partial charge in [0.15, 0.2) is 5.54 Å². The van der Waals surface area contributed by atoms with E-state index in [4.69, 9.17) is 0 Å². The number of carboxylic acid groups (broad SMARTS) is 1. The molecular weight excluding hydrogens is 266 g/mol. The Balaban J connectivity index is 2.42. The Morgan fingerprint density at radius 3 is 2.52 bits per heavy atom. The molecule has 5 nitrogen and oxygen atoms in total. The second-order valence-corrected chi connectivity index (χ2v) is 5.07. The predicted octanol–water partition coefficient (Wildman–Crippen LogP) is 2.76. The van der Waals surface area contributed by atoms with E-state index in [-0.39, 0.29) is 0 Å². The van der Waals surface area contributed by atoms with Crippen molar-refractivity contribution in [3.8, 4) is 0 Å². The monoisotopic (exact) mass is 285 g/mol. The maximum absolute atomic E-state index is 11.8. The fraction of sp³-hybridized carbons (Fsp3) is 0.312. The molecule has 0 amide bonds. The van der Waals surface area contributed by atoms with Gasteiger partial charge >= 0.3 is 5.97 Å². The van der Waals surface area contributed by atoms with Crippen LogP contribution in [-0.2, 0) is 16.8 Å². The fourth-order valence-electron chi connectivity index (χ4n) is 2.15. The second-order valence-electron chi connectivity index (χ2n) is 5.07. The van der Waals surface area contributed by atoms with Crippen LogP contribution in [0.1, 0.15) is 30.9 Å². The molecule has 0 fully saturated rings. The number of nitrogens with zero attached hydrogens (tertiary/aromatic N) is 2. The molecule has 2 aromatic rings. The lowest BCUT2D eigenvalue weighted by atomic mass is 9.92. The van der Waals surface area contributed by atoms with Gasteiger partial charge in [-0.1, -0.05) is 37.3 Å². The number of carbonyl (C=O) groups is 1. The number of aliphatic carboxylic acids is 1. The van der Waals surface area contributed by atoms with E-state index in [2.05, 4.69) is 15.3 Å². The zero-order valence-corrected chi connectivity index (χ0v) is 12.4. The Labute approximate surface area is 124 Å². The van der Waals surface area contributed by atoms with E-state index in [0.717, 1.165) is 12.1 Å². The van der Waals surface area contributed by atoms with Gasteiger partial charge in [-0.05, 0) is 25.8 Å². The summed E-state index contributed by atoms with van der Waals surface area (Å²) >= 11 is 0. The van der Waals surface area contributed by atoms with Crippen LogP contribution in [0.2, 0.25) is 0 Å². The van der Waals surface area contributed by atoms with Crippen molar-refractivity contribution in [1.29, 1.82) is 0 Å². The Bertz CT molecular complexity index is 643. The van der Waals surface area contributed by atoms with Gasteiger partial charge in [0.1, 0.15) is 11.6 Å². The quantitative estimate of drug-likeness (QED) is 0.883. The van der Waals surface area contributed by atoms with E-state index < -0.39 is 11.5 Å². The third-order valence-electron chi connectivity index (χ3n) is 3.41. The van der Waals surface area contributed by atoms with Gasteiger partial charge < -0.3 is 10.4 Å². The largest absolute Gasteiger partial charge is 0.479 e. The van der Waals surface area contributed by atoms with E-state index in [0.29, 0.717) is 17.2 Å². The molecule has 0 spiro atoms. The number of carboxylic acids is 1. The first-order chi connectivity index (χ1) is 9.95. The summed E-state index contributed by atoms with van der Waals surface area (Å²) in [6.07, 6.45) is 0.771. The number of aromatic nitrogens is 2. The summed E-state index contributed by atoms with van der Waals surface area (Å²) in [5, 5.41) is 12.7. The van der Waals surface area contributed by atoms with Crippen LogP contribution in [0.25, 0.3) is 0 Å². The van der Waals surface area contributed by atoms with Crippen LogP contribution in [-0.4, -0.2) is 21.0 Å². The highest BCUT2D eigenvalue weighted by Crippen LogP contribution is 2.26. The van der Waals surface area contributed by atoms with Crippen LogP contribution in [0.5, 0.6) is 0 Å². The summed E-state index contributed by atoms with van der Waals surface area (Å²) in [5.74, 6) is 0.189. The highest BCUT2D eigenvalue weighted by molar-refractivity contribution is 5.83. The zero-order valence-electron chi connectivity index (χ0n) is 12.4. The van der Waals surface area contributed by atoms with Crippen molar-refractivity contribution >= 4 is 11.8 Å². The first-order valence-corrected chi connectivity index (χ1v) is 6.87. The zero-order chi connectivity index (χ0) is 15.5. The molecule has 0 aliphatic rings. The minimum absolute atomic E-state index is 0.521. The summed E-state index contributed by atoms with van der Waals surface area (Å²) < 4.78 is 0. The predicted molar refractivity (Wildman–Crippen MR) is 81.2 cm³/mol. The highest BCUT2D eigenvalue weighted by Gasteiger charge is 2.35. The standard InChI is InChI=1S/C16H19N3O2/c1-4-13-10-14(18-11(2)17-13)19-16(3,15(20)21)12-8-6-5-7-9-12/h5-10H,4H2,1-3H3,(H,20,21)(H,17,18,19). The highest BCUT2D eigenvalue weighted by atomic mass is 16.4. The van der Waals surface area contributed by atoms with Gasteiger partial charge in [-0.25, -0.2) is 14.8 Å². The number of nitrogens with one attached hydrogen (secondary N) is 1. The Morgan fingerprint density at radius 1 is 1.29 bits per heavy atom. The van der Waals surface area contributed by atoms with Crippen LogP contribution in [0, 0.1) is 6.92 Å². The third-order valence-corrected chi connectivity index (χ3v) is 3.41.